The van der Waals surface area contributed by atoms with Crippen LogP contribution in [0, 0.1) is 0 Å². The largest absolute Gasteiger partial charge is 0.325 e. The number of hydrogen-bond acceptors (Lipinski definition) is 2. The smallest absolute Gasteiger partial charge is 0.243 e. The van der Waals surface area contributed by atoms with E-state index in [2.05, 4.69) is 17.1 Å². The average molecular weight is 196 g/mol. The minimum atomic E-state index is -0.289. The number of nitrogens with zero attached hydrogens (tertiary/aromatic N) is 1. The molecule has 0 spiro atoms. The van der Waals surface area contributed by atoms with Crippen LogP contribution in [0.15, 0.2) is 0 Å². The molecule has 1 heterocycles. The Labute approximate surface area is 85.8 Å². The first-order valence-corrected chi connectivity index (χ1v) is 5.73. The highest BCUT2D eigenvalue weighted by Gasteiger charge is 2.43. The van der Waals surface area contributed by atoms with Gasteiger partial charge in [-0.1, -0.05) is 19.8 Å². The van der Waals surface area contributed by atoms with Crippen molar-refractivity contribution in [2.24, 2.45) is 0 Å². The minimum Gasteiger partial charge on any atom is -0.325 e. The Morgan fingerprint density at radius 1 is 1.50 bits per heavy atom. The number of carbonyl (C=O) groups is 1. The number of carbonyl (C=O) groups excluding carboxylic acids is 1. The van der Waals surface area contributed by atoms with Crippen LogP contribution in [0.5, 0.6) is 0 Å². The van der Waals surface area contributed by atoms with Gasteiger partial charge in [0.15, 0.2) is 0 Å². The second kappa shape index (κ2) is 3.54. The lowest BCUT2D eigenvalue weighted by Crippen LogP contribution is -2.44. The van der Waals surface area contributed by atoms with Crippen molar-refractivity contribution >= 4 is 5.91 Å². The monoisotopic (exact) mass is 196 g/mol. The summed E-state index contributed by atoms with van der Waals surface area (Å²) in [7, 11) is 0. The van der Waals surface area contributed by atoms with Gasteiger partial charge in [0.25, 0.3) is 0 Å². The van der Waals surface area contributed by atoms with Gasteiger partial charge in [-0.3, -0.25) is 10.1 Å². The van der Waals surface area contributed by atoms with Gasteiger partial charge in [-0.05, 0) is 26.2 Å². The van der Waals surface area contributed by atoms with Crippen LogP contribution in [-0.2, 0) is 4.79 Å². The Kier molecular flexibility index (Phi) is 2.52. The molecular weight excluding hydrogens is 176 g/mol. The fourth-order valence-corrected chi connectivity index (χ4v) is 2.51. The summed E-state index contributed by atoms with van der Waals surface area (Å²) in [5, 5.41) is 3.34. The zero-order valence-electron chi connectivity index (χ0n) is 9.18. The molecule has 0 aromatic rings. The second-order valence-corrected chi connectivity index (χ2v) is 4.73. The van der Waals surface area contributed by atoms with Crippen LogP contribution >= 0.6 is 0 Å². The standard InChI is InChI=1S/C11H20N2O/c1-3-11(2)10(14)13(8-12-11)9-6-4-5-7-9/h9,12H,3-8H2,1-2H3. The van der Waals surface area contributed by atoms with Gasteiger partial charge in [-0.2, -0.15) is 0 Å². The third-order valence-electron chi connectivity index (χ3n) is 3.85. The van der Waals surface area contributed by atoms with Gasteiger partial charge < -0.3 is 4.90 Å². The summed E-state index contributed by atoms with van der Waals surface area (Å²) in [6.07, 6.45) is 5.87. The van der Waals surface area contributed by atoms with E-state index in [9.17, 15) is 4.79 Å². The van der Waals surface area contributed by atoms with E-state index in [1.807, 2.05) is 6.92 Å². The molecular formula is C11H20N2O. The fraction of sp³-hybridized carbons (Fsp3) is 0.909. The number of amides is 1. The summed E-state index contributed by atoms with van der Waals surface area (Å²) >= 11 is 0. The van der Waals surface area contributed by atoms with E-state index in [1.54, 1.807) is 0 Å². The first-order valence-electron chi connectivity index (χ1n) is 5.73. The van der Waals surface area contributed by atoms with Crippen molar-refractivity contribution in [2.75, 3.05) is 6.67 Å². The first-order chi connectivity index (χ1) is 6.67. The van der Waals surface area contributed by atoms with E-state index in [0.717, 1.165) is 13.1 Å². The van der Waals surface area contributed by atoms with Crippen molar-refractivity contribution in [3.63, 3.8) is 0 Å². The van der Waals surface area contributed by atoms with E-state index < -0.39 is 0 Å². The molecule has 1 unspecified atom stereocenters. The maximum absolute atomic E-state index is 12.1. The second-order valence-electron chi connectivity index (χ2n) is 4.73. The molecule has 1 saturated carbocycles. The maximum Gasteiger partial charge on any atom is 0.243 e. The summed E-state index contributed by atoms with van der Waals surface area (Å²) in [5.74, 6) is 0.312. The molecule has 2 rings (SSSR count). The van der Waals surface area contributed by atoms with Gasteiger partial charge in [0.1, 0.15) is 0 Å². The molecule has 1 amide bonds. The third kappa shape index (κ3) is 1.44. The lowest BCUT2D eigenvalue weighted by molar-refractivity contribution is -0.133. The number of nitrogens with one attached hydrogen (secondary N) is 1. The van der Waals surface area contributed by atoms with Crippen LogP contribution in [-0.4, -0.2) is 29.1 Å². The summed E-state index contributed by atoms with van der Waals surface area (Å²) in [6, 6.07) is 0.517. The van der Waals surface area contributed by atoms with Gasteiger partial charge in [0.05, 0.1) is 12.2 Å². The van der Waals surface area contributed by atoms with Crippen LogP contribution in [0.4, 0.5) is 0 Å². The highest BCUT2D eigenvalue weighted by molar-refractivity contribution is 5.88. The van der Waals surface area contributed by atoms with Gasteiger partial charge in [0.2, 0.25) is 5.91 Å². The summed E-state index contributed by atoms with van der Waals surface area (Å²) in [5.41, 5.74) is -0.289. The predicted molar refractivity (Wildman–Crippen MR) is 55.8 cm³/mol. The van der Waals surface area contributed by atoms with Crippen molar-refractivity contribution in [2.45, 2.75) is 57.5 Å². The van der Waals surface area contributed by atoms with Crippen LogP contribution in [0.1, 0.15) is 46.0 Å². The van der Waals surface area contributed by atoms with Crippen molar-refractivity contribution in [1.82, 2.24) is 10.2 Å². The van der Waals surface area contributed by atoms with E-state index in [4.69, 9.17) is 0 Å². The van der Waals surface area contributed by atoms with Crippen molar-refractivity contribution in [1.29, 1.82) is 0 Å². The van der Waals surface area contributed by atoms with Crippen LogP contribution in [0.25, 0.3) is 0 Å². The van der Waals surface area contributed by atoms with Gasteiger partial charge in [0, 0.05) is 6.04 Å². The average Bonchev–Trinajstić information content (AvgIpc) is 2.78. The molecule has 1 atom stereocenters. The summed E-state index contributed by atoms with van der Waals surface area (Å²) in [4.78, 5) is 14.2. The Hall–Kier alpha value is -0.570. The van der Waals surface area contributed by atoms with Gasteiger partial charge >= 0.3 is 0 Å². The van der Waals surface area contributed by atoms with Crippen molar-refractivity contribution < 1.29 is 4.79 Å². The molecule has 1 N–H and O–H groups in total. The highest BCUT2D eigenvalue weighted by Crippen LogP contribution is 2.29. The maximum atomic E-state index is 12.1. The lowest BCUT2D eigenvalue weighted by atomic mass is 9.99. The molecule has 2 fully saturated rings. The normalized spacial score (nSPS) is 34.4. The van der Waals surface area contributed by atoms with Gasteiger partial charge in [-0.25, -0.2) is 0 Å². The Balaban J connectivity index is 2.06. The molecule has 80 valence electrons. The van der Waals surface area contributed by atoms with Crippen molar-refractivity contribution in [3.8, 4) is 0 Å². The SMILES string of the molecule is CCC1(C)NCN(C2CCCC2)C1=O. The summed E-state index contributed by atoms with van der Waals surface area (Å²) in [6.45, 7) is 4.85. The number of hydrogen-bond donors (Lipinski definition) is 1. The van der Waals surface area contributed by atoms with E-state index >= 15 is 0 Å². The molecule has 0 aromatic heterocycles. The molecule has 0 radical (unpaired) electrons. The van der Waals surface area contributed by atoms with E-state index in [0.29, 0.717) is 11.9 Å². The topological polar surface area (TPSA) is 32.3 Å². The molecule has 3 nitrogen and oxygen atoms in total. The molecule has 1 saturated heterocycles. The molecule has 3 heteroatoms. The lowest BCUT2D eigenvalue weighted by Gasteiger charge is -2.25. The van der Waals surface area contributed by atoms with Crippen LogP contribution in [0.2, 0.25) is 0 Å². The highest BCUT2D eigenvalue weighted by atomic mass is 16.2. The number of rotatable bonds is 2. The van der Waals surface area contributed by atoms with Crippen molar-refractivity contribution in [3.05, 3.63) is 0 Å². The molecule has 1 aliphatic carbocycles. The third-order valence-corrected chi connectivity index (χ3v) is 3.85. The molecule has 14 heavy (non-hydrogen) atoms. The predicted octanol–water partition coefficient (Wildman–Crippen LogP) is 1.49. The fourth-order valence-electron chi connectivity index (χ4n) is 2.51. The zero-order valence-corrected chi connectivity index (χ0v) is 9.18. The Bertz CT molecular complexity index is 235. The molecule has 1 aliphatic heterocycles. The first kappa shape index (κ1) is 9.97. The van der Waals surface area contributed by atoms with Crippen LogP contribution in [0.3, 0.4) is 0 Å². The molecule has 0 bridgehead atoms. The molecule has 2 aliphatic rings. The molecule has 0 aromatic carbocycles. The zero-order chi connectivity index (χ0) is 10.2. The summed E-state index contributed by atoms with van der Waals surface area (Å²) < 4.78 is 0. The van der Waals surface area contributed by atoms with Gasteiger partial charge in [-0.15, -0.1) is 0 Å². The van der Waals surface area contributed by atoms with Crippen LogP contribution < -0.4 is 5.32 Å². The Morgan fingerprint density at radius 2 is 2.14 bits per heavy atom. The Morgan fingerprint density at radius 3 is 2.64 bits per heavy atom. The minimum absolute atomic E-state index is 0.289. The quantitative estimate of drug-likeness (QED) is 0.725. The van der Waals surface area contributed by atoms with E-state index in [1.165, 1.54) is 25.7 Å². The van der Waals surface area contributed by atoms with E-state index in [-0.39, 0.29) is 5.54 Å².